The third-order valence-electron chi connectivity index (χ3n) is 5.42. The first-order valence-electron chi connectivity index (χ1n) is 9.43. The van der Waals surface area contributed by atoms with Crippen LogP contribution in [0.5, 0.6) is 0 Å². The van der Waals surface area contributed by atoms with Gasteiger partial charge in [-0.1, -0.05) is 6.42 Å². The summed E-state index contributed by atoms with van der Waals surface area (Å²) in [6.45, 7) is 4.81. The summed E-state index contributed by atoms with van der Waals surface area (Å²) in [5.41, 5.74) is 2.76. The van der Waals surface area contributed by atoms with E-state index < -0.39 is 0 Å². The number of hydrogen-bond acceptors (Lipinski definition) is 3. The number of piperazine rings is 1. The van der Waals surface area contributed by atoms with Crippen molar-refractivity contribution < 1.29 is 9.69 Å². The molecule has 3 heterocycles. The van der Waals surface area contributed by atoms with Crippen LogP contribution in [0.15, 0.2) is 30.6 Å². The molecule has 1 aliphatic carbocycles. The van der Waals surface area contributed by atoms with E-state index in [1.54, 1.807) is 16.2 Å². The molecule has 0 atom stereocenters. The number of fused-ring (bicyclic) bond motifs is 1. The first-order valence-corrected chi connectivity index (χ1v) is 10.2. The molecule has 5 heteroatoms. The van der Waals surface area contributed by atoms with Crippen LogP contribution in [0.1, 0.15) is 44.9 Å². The minimum Gasteiger partial charge on any atom is -0.328 e. The largest absolute Gasteiger partial charge is 0.328 e. The van der Waals surface area contributed by atoms with Crippen LogP contribution in [0.2, 0.25) is 0 Å². The number of aryl methyl sites for hydroxylation is 2. The third-order valence-corrected chi connectivity index (χ3v) is 6.64. The van der Waals surface area contributed by atoms with Gasteiger partial charge >= 0.3 is 0 Å². The molecule has 1 N–H and O–H groups in total. The van der Waals surface area contributed by atoms with E-state index in [0.29, 0.717) is 0 Å². The van der Waals surface area contributed by atoms with Crippen molar-refractivity contribution in [2.75, 3.05) is 26.2 Å². The molecule has 2 aromatic heterocycles. The van der Waals surface area contributed by atoms with Crippen molar-refractivity contribution in [3.63, 3.8) is 0 Å². The number of thiophene rings is 1. The van der Waals surface area contributed by atoms with Crippen LogP contribution in [-0.4, -0.2) is 42.0 Å². The standard InChI is InChI=1S/C20H25N3OS/c24-20(19-14-17-4-2-1-3-5-18(17)25-19)23-12-10-22(11-13-23)15-16-6-8-21-9-7-16/h6-9,14H,1-5,10-13,15H2/p+1. The molecular formula is C20H26N3OS+. The zero-order valence-corrected chi connectivity index (χ0v) is 15.5. The topological polar surface area (TPSA) is 37.6 Å². The predicted octanol–water partition coefficient (Wildman–Crippen LogP) is 1.95. The molecule has 0 saturated carbocycles. The summed E-state index contributed by atoms with van der Waals surface area (Å²) in [5, 5.41) is 0. The predicted molar refractivity (Wildman–Crippen MR) is 100 cm³/mol. The van der Waals surface area contributed by atoms with Gasteiger partial charge in [-0.2, -0.15) is 0 Å². The van der Waals surface area contributed by atoms with Gasteiger partial charge in [0.2, 0.25) is 0 Å². The van der Waals surface area contributed by atoms with Gasteiger partial charge in [-0.25, -0.2) is 0 Å². The van der Waals surface area contributed by atoms with Crippen LogP contribution in [-0.2, 0) is 19.4 Å². The number of nitrogens with zero attached hydrogens (tertiary/aromatic N) is 2. The van der Waals surface area contributed by atoms with Gasteiger partial charge in [0.25, 0.3) is 5.91 Å². The molecule has 0 bridgehead atoms. The fourth-order valence-corrected chi connectivity index (χ4v) is 5.14. The molecule has 1 saturated heterocycles. The van der Waals surface area contributed by atoms with E-state index in [9.17, 15) is 4.79 Å². The van der Waals surface area contributed by atoms with Gasteiger partial charge in [-0.3, -0.25) is 9.78 Å². The van der Waals surface area contributed by atoms with E-state index in [1.165, 1.54) is 35.3 Å². The molecule has 1 aliphatic heterocycles. The number of hydrogen-bond donors (Lipinski definition) is 1. The molecule has 0 spiro atoms. The molecule has 4 rings (SSSR count). The molecule has 25 heavy (non-hydrogen) atoms. The number of nitrogens with one attached hydrogen (secondary N) is 1. The Hall–Kier alpha value is -1.72. The number of rotatable bonds is 3. The lowest BCUT2D eigenvalue weighted by Gasteiger charge is -2.32. The van der Waals surface area contributed by atoms with Crippen LogP contribution in [0.3, 0.4) is 0 Å². The van der Waals surface area contributed by atoms with Crippen LogP contribution >= 0.6 is 11.3 Å². The van der Waals surface area contributed by atoms with Crippen LogP contribution < -0.4 is 4.90 Å². The van der Waals surface area contributed by atoms with Gasteiger partial charge in [0.05, 0.1) is 31.1 Å². The lowest BCUT2D eigenvalue weighted by Crippen LogP contribution is -3.13. The smallest absolute Gasteiger partial charge is 0.264 e. The number of quaternary nitrogens is 1. The monoisotopic (exact) mass is 356 g/mol. The van der Waals surface area contributed by atoms with Gasteiger partial charge < -0.3 is 9.80 Å². The molecule has 0 radical (unpaired) electrons. The molecule has 2 aliphatic rings. The van der Waals surface area contributed by atoms with Crippen LogP contribution in [0.25, 0.3) is 0 Å². The summed E-state index contributed by atoms with van der Waals surface area (Å²) >= 11 is 1.75. The van der Waals surface area contributed by atoms with E-state index in [-0.39, 0.29) is 5.91 Å². The average Bonchev–Trinajstić information content (AvgIpc) is 2.93. The fourth-order valence-electron chi connectivity index (χ4n) is 3.92. The first-order chi connectivity index (χ1) is 12.3. The van der Waals surface area contributed by atoms with Crippen molar-refractivity contribution in [1.82, 2.24) is 9.88 Å². The fraction of sp³-hybridized carbons (Fsp3) is 0.500. The second-order valence-corrected chi connectivity index (χ2v) is 8.33. The summed E-state index contributed by atoms with van der Waals surface area (Å²) in [7, 11) is 0. The number of carbonyl (C=O) groups excluding carboxylic acids is 1. The Morgan fingerprint density at radius 1 is 1.12 bits per heavy atom. The number of aromatic nitrogens is 1. The lowest BCUT2D eigenvalue weighted by molar-refractivity contribution is -0.917. The SMILES string of the molecule is O=C(c1cc2c(s1)CCCCC2)N1CC[NH+](Cc2ccncc2)CC1. The molecule has 2 aromatic rings. The maximum atomic E-state index is 12.9. The Kier molecular flexibility index (Phi) is 5.13. The zero-order valence-electron chi connectivity index (χ0n) is 14.7. The second kappa shape index (κ2) is 7.67. The second-order valence-electron chi connectivity index (χ2n) is 7.19. The van der Waals surface area contributed by atoms with Crippen molar-refractivity contribution in [3.05, 3.63) is 51.5 Å². The van der Waals surface area contributed by atoms with Crippen molar-refractivity contribution in [2.24, 2.45) is 0 Å². The van der Waals surface area contributed by atoms with Crippen molar-refractivity contribution in [3.8, 4) is 0 Å². The Morgan fingerprint density at radius 2 is 1.88 bits per heavy atom. The maximum absolute atomic E-state index is 12.9. The Balaban J connectivity index is 1.35. The summed E-state index contributed by atoms with van der Waals surface area (Å²) in [6, 6.07) is 6.36. The molecular weight excluding hydrogens is 330 g/mol. The van der Waals surface area contributed by atoms with Crippen LogP contribution in [0, 0.1) is 0 Å². The van der Waals surface area contributed by atoms with E-state index in [2.05, 4.69) is 28.1 Å². The summed E-state index contributed by atoms with van der Waals surface area (Å²) in [6.07, 6.45) is 9.91. The van der Waals surface area contributed by atoms with E-state index in [4.69, 9.17) is 0 Å². The first kappa shape index (κ1) is 16.7. The molecule has 132 valence electrons. The summed E-state index contributed by atoms with van der Waals surface area (Å²) in [5.74, 6) is 0.251. The Labute approximate surface area is 153 Å². The Bertz CT molecular complexity index is 696. The number of amides is 1. The highest BCUT2D eigenvalue weighted by atomic mass is 32.1. The van der Waals surface area contributed by atoms with E-state index in [0.717, 1.165) is 50.4 Å². The Morgan fingerprint density at radius 3 is 2.68 bits per heavy atom. The van der Waals surface area contributed by atoms with Crippen LogP contribution in [0.4, 0.5) is 0 Å². The molecule has 4 nitrogen and oxygen atoms in total. The van der Waals surface area contributed by atoms with Gasteiger partial charge in [0.1, 0.15) is 6.54 Å². The minimum atomic E-state index is 0.251. The lowest BCUT2D eigenvalue weighted by atomic mass is 10.1. The number of pyridine rings is 1. The maximum Gasteiger partial charge on any atom is 0.264 e. The third kappa shape index (κ3) is 3.93. The van der Waals surface area contributed by atoms with Gasteiger partial charge in [0, 0.05) is 22.8 Å². The highest BCUT2D eigenvalue weighted by Gasteiger charge is 2.26. The van der Waals surface area contributed by atoms with Crippen molar-refractivity contribution in [1.29, 1.82) is 0 Å². The van der Waals surface area contributed by atoms with E-state index >= 15 is 0 Å². The van der Waals surface area contributed by atoms with Gasteiger partial charge in [-0.15, -0.1) is 11.3 Å². The average molecular weight is 357 g/mol. The van der Waals surface area contributed by atoms with Crippen molar-refractivity contribution in [2.45, 2.75) is 38.6 Å². The molecule has 0 aromatic carbocycles. The van der Waals surface area contributed by atoms with E-state index in [1.807, 2.05) is 12.4 Å². The number of carbonyl (C=O) groups is 1. The highest BCUT2D eigenvalue weighted by molar-refractivity contribution is 7.14. The quantitative estimate of drug-likeness (QED) is 0.854. The minimum absolute atomic E-state index is 0.251. The zero-order chi connectivity index (χ0) is 17.1. The molecule has 0 unspecified atom stereocenters. The molecule has 1 fully saturated rings. The van der Waals surface area contributed by atoms with Gasteiger partial charge in [0.15, 0.2) is 0 Å². The summed E-state index contributed by atoms with van der Waals surface area (Å²) in [4.78, 5) is 23.0. The molecule has 1 amide bonds. The normalized spacial score (nSPS) is 18.6. The highest BCUT2D eigenvalue weighted by Crippen LogP contribution is 2.29. The summed E-state index contributed by atoms with van der Waals surface area (Å²) < 4.78 is 0. The van der Waals surface area contributed by atoms with Gasteiger partial charge in [-0.05, 0) is 49.4 Å². The van der Waals surface area contributed by atoms with Crippen molar-refractivity contribution >= 4 is 17.2 Å².